The van der Waals surface area contributed by atoms with Crippen LogP contribution in [0.3, 0.4) is 0 Å². The Morgan fingerprint density at radius 2 is 1.93 bits per heavy atom. The molecule has 0 radical (unpaired) electrons. The summed E-state index contributed by atoms with van der Waals surface area (Å²) in [6.07, 6.45) is 1.38. The Labute approximate surface area is 158 Å². The van der Waals surface area contributed by atoms with Crippen molar-refractivity contribution in [2.45, 2.75) is 10.6 Å². The van der Waals surface area contributed by atoms with Gasteiger partial charge in [0.15, 0.2) is 5.69 Å². The van der Waals surface area contributed by atoms with E-state index < -0.39 is 21.9 Å². The number of carboxylic acid groups (broad SMARTS) is 1. The standard InChI is InChI=1S/C16H14N4O5S2/c17-14(21)9-10-5-6-15(26-10)27(24,25)19-11-3-1-2-4-13(11)20-8-7-12(18-20)16(22)23/h1-8,19H,9H2,(H2,17,21)(H,22,23). The van der Waals surface area contributed by atoms with Crippen LogP contribution in [0.2, 0.25) is 0 Å². The van der Waals surface area contributed by atoms with Crippen molar-refractivity contribution in [2.75, 3.05) is 4.72 Å². The summed E-state index contributed by atoms with van der Waals surface area (Å²) in [5.41, 5.74) is 5.55. The largest absolute Gasteiger partial charge is 0.476 e. The number of benzene rings is 1. The minimum atomic E-state index is -3.91. The number of hydrogen-bond acceptors (Lipinski definition) is 6. The van der Waals surface area contributed by atoms with Gasteiger partial charge in [-0.25, -0.2) is 17.9 Å². The molecule has 0 saturated carbocycles. The molecule has 2 heterocycles. The van der Waals surface area contributed by atoms with Gasteiger partial charge >= 0.3 is 5.97 Å². The number of carboxylic acids is 1. The SMILES string of the molecule is NC(=O)Cc1ccc(S(=O)(=O)Nc2ccccc2-n2ccc(C(=O)O)n2)s1. The lowest BCUT2D eigenvalue weighted by molar-refractivity contribution is -0.117. The van der Waals surface area contributed by atoms with Crippen molar-refractivity contribution in [3.8, 4) is 5.69 Å². The van der Waals surface area contributed by atoms with E-state index in [1.807, 2.05) is 0 Å². The maximum Gasteiger partial charge on any atom is 0.356 e. The van der Waals surface area contributed by atoms with Crippen LogP contribution in [-0.4, -0.2) is 35.2 Å². The van der Waals surface area contributed by atoms with Gasteiger partial charge in [0.05, 0.1) is 17.8 Å². The summed E-state index contributed by atoms with van der Waals surface area (Å²) in [4.78, 5) is 22.5. The molecule has 140 valence electrons. The number of aromatic carboxylic acids is 1. The van der Waals surface area contributed by atoms with Gasteiger partial charge in [0.25, 0.3) is 10.0 Å². The molecule has 1 aromatic carbocycles. The third kappa shape index (κ3) is 4.15. The summed E-state index contributed by atoms with van der Waals surface area (Å²) < 4.78 is 29.1. The van der Waals surface area contributed by atoms with E-state index in [2.05, 4.69) is 9.82 Å². The second-order valence-corrected chi connectivity index (χ2v) is 8.51. The molecule has 0 atom stereocenters. The fourth-order valence-electron chi connectivity index (χ4n) is 2.30. The van der Waals surface area contributed by atoms with E-state index in [0.717, 1.165) is 11.3 Å². The first-order valence-electron chi connectivity index (χ1n) is 7.54. The first-order chi connectivity index (χ1) is 12.8. The van der Waals surface area contributed by atoms with Crippen LogP contribution in [-0.2, 0) is 21.2 Å². The molecule has 3 rings (SSSR count). The monoisotopic (exact) mass is 406 g/mol. The molecule has 0 saturated heterocycles. The molecular weight excluding hydrogens is 392 g/mol. The number of carbonyl (C=O) groups excluding carboxylic acids is 1. The first kappa shape index (κ1) is 18.6. The van der Waals surface area contributed by atoms with Crippen LogP contribution < -0.4 is 10.5 Å². The van der Waals surface area contributed by atoms with Crippen LogP contribution >= 0.6 is 11.3 Å². The van der Waals surface area contributed by atoms with Gasteiger partial charge in [0, 0.05) is 11.1 Å². The number of para-hydroxylation sites is 2. The third-order valence-electron chi connectivity index (χ3n) is 3.45. The van der Waals surface area contributed by atoms with Crippen molar-refractivity contribution < 1.29 is 23.1 Å². The van der Waals surface area contributed by atoms with Crippen molar-refractivity contribution in [1.29, 1.82) is 0 Å². The normalized spacial score (nSPS) is 11.3. The molecule has 2 aromatic heterocycles. The highest BCUT2D eigenvalue weighted by atomic mass is 32.2. The molecule has 11 heteroatoms. The number of amides is 1. The van der Waals surface area contributed by atoms with Crippen LogP contribution in [0.5, 0.6) is 0 Å². The topological polar surface area (TPSA) is 144 Å². The molecule has 0 aliphatic rings. The molecule has 9 nitrogen and oxygen atoms in total. The average molecular weight is 406 g/mol. The Hall–Kier alpha value is -3.18. The highest BCUT2D eigenvalue weighted by Gasteiger charge is 2.20. The zero-order valence-electron chi connectivity index (χ0n) is 13.7. The Morgan fingerprint density at radius 3 is 2.59 bits per heavy atom. The average Bonchev–Trinajstić information content (AvgIpc) is 3.24. The molecule has 27 heavy (non-hydrogen) atoms. The molecule has 1 amide bonds. The lowest BCUT2D eigenvalue weighted by atomic mass is 10.3. The third-order valence-corrected chi connectivity index (χ3v) is 6.40. The molecule has 0 bridgehead atoms. The Bertz CT molecular complexity index is 1120. The maximum atomic E-state index is 12.7. The van der Waals surface area contributed by atoms with Gasteiger partial charge in [-0.3, -0.25) is 9.52 Å². The number of rotatable bonds is 7. The van der Waals surface area contributed by atoms with Crippen LogP contribution in [0.1, 0.15) is 15.4 Å². The van der Waals surface area contributed by atoms with Crippen LogP contribution in [0.25, 0.3) is 5.69 Å². The van der Waals surface area contributed by atoms with Crippen LogP contribution in [0.15, 0.2) is 52.9 Å². The van der Waals surface area contributed by atoms with Crippen molar-refractivity contribution in [3.05, 3.63) is 59.2 Å². The predicted molar refractivity (Wildman–Crippen MR) is 98.5 cm³/mol. The summed E-state index contributed by atoms with van der Waals surface area (Å²) in [7, 11) is -3.91. The van der Waals surface area contributed by atoms with E-state index in [4.69, 9.17) is 10.8 Å². The quantitative estimate of drug-likeness (QED) is 0.542. The van der Waals surface area contributed by atoms with Gasteiger partial charge in [-0.1, -0.05) is 12.1 Å². The second-order valence-electron chi connectivity index (χ2n) is 5.44. The van der Waals surface area contributed by atoms with E-state index in [9.17, 15) is 18.0 Å². The molecule has 0 aliphatic carbocycles. The number of carbonyl (C=O) groups is 2. The van der Waals surface area contributed by atoms with Crippen LogP contribution in [0.4, 0.5) is 5.69 Å². The number of nitrogens with zero attached hydrogens (tertiary/aromatic N) is 2. The number of anilines is 1. The molecule has 0 fully saturated rings. The van der Waals surface area contributed by atoms with Gasteiger partial charge in [-0.15, -0.1) is 11.3 Å². The molecule has 0 unspecified atom stereocenters. The number of hydrogen-bond donors (Lipinski definition) is 3. The number of nitrogens with two attached hydrogens (primary N) is 1. The van der Waals surface area contributed by atoms with Crippen molar-refractivity contribution >= 4 is 38.9 Å². The van der Waals surface area contributed by atoms with E-state index in [1.165, 1.54) is 35.1 Å². The van der Waals surface area contributed by atoms with E-state index in [-0.39, 0.29) is 22.0 Å². The summed E-state index contributed by atoms with van der Waals surface area (Å²) in [5.74, 6) is -1.74. The number of aromatic nitrogens is 2. The molecule has 0 aliphatic heterocycles. The van der Waals surface area contributed by atoms with Gasteiger partial charge in [0.1, 0.15) is 4.21 Å². The van der Waals surface area contributed by atoms with Gasteiger partial charge < -0.3 is 10.8 Å². The number of primary amides is 1. The van der Waals surface area contributed by atoms with Crippen molar-refractivity contribution in [2.24, 2.45) is 5.73 Å². The van der Waals surface area contributed by atoms with E-state index in [0.29, 0.717) is 10.6 Å². The lowest BCUT2D eigenvalue weighted by Crippen LogP contribution is -2.14. The first-order valence-corrected chi connectivity index (χ1v) is 9.84. The summed E-state index contributed by atoms with van der Waals surface area (Å²) in [6, 6.07) is 10.7. The zero-order valence-corrected chi connectivity index (χ0v) is 15.3. The molecule has 4 N–H and O–H groups in total. The number of thiophene rings is 1. The Balaban J connectivity index is 1.92. The van der Waals surface area contributed by atoms with Crippen molar-refractivity contribution in [3.63, 3.8) is 0 Å². The highest BCUT2D eigenvalue weighted by Crippen LogP contribution is 2.27. The van der Waals surface area contributed by atoms with Gasteiger partial charge in [0.2, 0.25) is 5.91 Å². The summed E-state index contributed by atoms with van der Waals surface area (Å²) in [5, 5.41) is 12.9. The molecule has 0 spiro atoms. The Kier molecular flexibility index (Phi) is 4.97. The lowest BCUT2D eigenvalue weighted by Gasteiger charge is -2.11. The number of sulfonamides is 1. The Morgan fingerprint density at radius 1 is 1.19 bits per heavy atom. The second kappa shape index (κ2) is 7.21. The van der Waals surface area contributed by atoms with Crippen molar-refractivity contribution in [1.82, 2.24) is 9.78 Å². The summed E-state index contributed by atoms with van der Waals surface area (Å²) in [6.45, 7) is 0. The molecule has 3 aromatic rings. The maximum absolute atomic E-state index is 12.7. The highest BCUT2D eigenvalue weighted by molar-refractivity contribution is 7.94. The molecular formula is C16H14N4O5S2. The van der Waals surface area contributed by atoms with E-state index >= 15 is 0 Å². The smallest absolute Gasteiger partial charge is 0.356 e. The van der Waals surface area contributed by atoms with Gasteiger partial charge in [-0.2, -0.15) is 5.10 Å². The van der Waals surface area contributed by atoms with E-state index in [1.54, 1.807) is 18.2 Å². The summed E-state index contributed by atoms with van der Waals surface area (Å²) >= 11 is 0.946. The minimum Gasteiger partial charge on any atom is -0.476 e. The zero-order chi connectivity index (χ0) is 19.6. The fraction of sp³-hybridized carbons (Fsp3) is 0.0625. The minimum absolute atomic E-state index is 0.0280. The fourth-order valence-corrected chi connectivity index (χ4v) is 4.74. The number of nitrogens with one attached hydrogen (secondary N) is 1. The van der Waals surface area contributed by atoms with Gasteiger partial charge in [-0.05, 0) is 30.3 Å². The predicted octanol–water partition coefficient (Wildman–Crippen LogP) is 1.46. The van der Waals surface area contributed by atoms with Crippen LogP contribution in [0, 0.1) is 0 Å².